The first-order valence-corrected chi connectivity index (χ1v) is 6.77. The highest BCUT2D eigenvalue weighted by atomic mass is 32.1. The van der Waals surface area contributed by atoms with Gasteiger partial charge in [-0.05, 0) is 6.42 Å². The zero-order chi connectivity index (χ0) is 12.8. The van der Waals surface area contributed by atoms with Crippen LogP contribution in [0.4, 0.5) is 5.82 Å². The Bertz CT molecular complexity index is 487. The van der Waals surface area contributed by atoms with Crippen LogP contribution in [-0.4, -0.2) is 28.6 Å². The van der Waals surface area contributed by atoms with E-state index < -0.39 is 0 Å². The molecule has 0 saturated carbocycles. The van der Waals surface area contributed by atoms with Crippen molar-refractivity contribution in [1.82, 2.24) is 15.0 Å². The van der Waals surface area contributed by atoms with Crippen molar-refractivity contribution in [2.75, 3.05) is 19.0 Å². The molecule has 5 nitrogen and oxygen atoms in total. The predicted octanol–water partition coefficient (Wildman–Crippen LogP) is 2.57. The van der Waals surface area contributed by atoms with Crippen molar-refractivity contribution in [1.29, 1.82) is 0 Å². The highest BCUT2D eigenvalue weighted by Gasteiger charge is 2.08. The Balaban J connectivity index is 2.30. The Morgan fingerprint density at radius 1 is 1.39 bits per heavy atom. The van der Waals surface area contributed by atoms with Crippen molar-refractivity contribution in [2.45, 2.75) is 20.0 Å². The van der Waals surface area contributed by atoms with E-state index in [0.29, 0.717) is 12.4 Å². The molecule has 6 heteroatoms. The summed E-state index contributed by atoms with van der Waals surface area (Å²) < 4.78 is 5.12. The number of aromatic nitrogens is 3. The molecule has 2 aromatic heterocycles. The summed E-state index contributed by atoms with van der Waals surface area (Å²) in [6.07, 6.45) is 1.05. The summed E-state index contributed by atoms with van der Waals surface area (Å²) in [5.41, 5.74) is 3.44. The van der Waals surface area contributed by atoms with Crippen molar-refractivity contribution in [3.05, 3.63) is 22.7 Å². The van der Waals surface area contributed by atoms with Gasteiger partial charge in [-0.2, -0.15) is 0 Å². The Morgan fingerprint density at radius 3 is 2.94 bits per heavy atom. The lowest BCUT2D eigenvalue weighted by atomic mass is 10.3. The Kier molecular flexibility index (Phi) is 4.60. The molecule has 2 rings (SSSR count). The third kappa shape index (κ3) is 3.24. The first-order chi connectivity index (χ1) is 8.83. The molecule has 0 spiro atoms. The van der Waals surface area contributed by atoms with Crippen LogP contribution in [0.15, 0.2) is 17.0 Å². The number of rotatable bonds is 6. The minimum atomic E-state index is 0.473. The summed E-state index contributed by atoms with van der Waals surface area (Å²) in [4.78, 5) is 13.1. The van der Waals surface area contributed by atoms with E-state index in [2.05, 4.69) is 27.2 Å². The van der Waals surface area contributed by atoms with Crippen LogP contribution in [0.25, 0.3) is 11.5 Å². The molecule has 0 radical (unpaired) electrons. The van der Waals surface area contributed by atoms with Gasteiger partial charge in [0, 0.05) is 25.1 Å². The van der Waals surface area contributed by atoms with Gasteiger partial charge in [-0.15, -0.1) is 11.3 Å². The quantitative estimate of drug-likeness (QED) is 0.869. The molecule has 2 aromatic rings. The number of hydrogen-bond acceptors (Lipinski definition) is 6. The molecule has 0 aliphatic carbocycles. The highest BCUT2D eigenvalue weighted by Crippen LogP contribution is 2.18. The maximum atomic E-state index is 5.12. The van der Waals surface area contributed by atoms with Gasteiger partial charge >= 0.3 is 0 Å². The van der Waals surface area contributed by atoms with Gasteiger partial charge in [-0.1, -0.05) is 6.92 Å². The van der Waals surface area contributed by atoms with Crippen molar-refractivity contribution in [3.8, 4) is 11.5 Å². The molecule has 0 saturated heterocycles. The van der Waals surface area contributed by atoms with Crippen molar-refractivity contribution in [2.24, 2.45) is 0 Å². The molecule has 96 valence electrons. The summed E-state index contributed by atoms with van der Waals surface area (Å²) in [6, 6.07) is 1.91. The zero-order valence-corrected chi connectivity index (χ0v) is 11.3. The van der Waals surface area contributed by atoms with Crippen LogP contribution in [0.1, 0.15) is 19.0 Å². The molecule has 18 heavy (non-hydrogen) atoms. The summed E-state index contributed by atoms with van der Waals surface area (Å²) in [7, 11) is 1.66. The van der Waals surface area contributed by atoms with E-state index in [-0.39, 0.29) is 0 Å². The molecule has 2 heterocycles. The standard InChI is InChI=1S/C12H16N4OS/c1-3-4-13-11-5-9(6-17-2)15-12(16-11)10-7-18-8-14-10/h5,7-8H,3-4,6H2,1-2H3,(H,13,15,16). The average molecular weight is 264 g/mol. The maximum absolute atomic E-state index is 5.12. The highest BCUT2D eigenvalue weighted by molar-refractivity contribution is 7.07. The zero-order valence-electron chi connectivity index (χ0n) is 10.5. The first-order valence-electron chi connectivity index (χ1n) is 5.82. The number of ether oxygens (including phenoxy) is 1. The van der Waals surface area contributed by atoms with Gasteiger partial charge in [0.2, 0.25) is 0 Å². The molecule has 0 aromatic carbocycles. The molecule has 0 unspecified atom stereocenters. The molecule has 0 fully saturated rings. The van der Waals surface area contributed by atoms with Crippen LogP contribution < -0.4 is 5.32 Å². The lowest BCUT2D eigenvalue weighted by Crippen LogP contribution is -2.06. The lowest BCUT2D eigenvalue weighted by molar-refractivity contribution is 0.181. The van der Waals surface area contributed by atoms with E-state index >= 15 is 0 Å². The Hall–Kier alpha value is -1.53. The fourth-order valence-corrected chi connectivity index (χ4v) is 2.03. The van der Waals surface area contributed by atoms with Crippen molar-refractivity contribution in [3.63, 3.8) is 0 Å². The number of nitrogens with zero attached hydrogens (tertiary/aromatic N) is 3. The Morgan fingerprint density at radius 2 is 2.28 bits per heavy atom. The second-order valence-electron chi connectivity index (χ2n) is 3.80. The van der Waals surface area contributed by atoms with Crippen LogP contribution in [0, 0.1) is 0 Å². The van der Waals surface area contributed by atoms with Gasteiger partial charge in [0.05, 0.1) is 17.8 Å². The molecular formula is C12H16N4OS. The van der Waals surface area contributed by atoms with Gasteiger partial charge in [-0.25, -0.2) is 15.0 Å². The molecule has 0 amide bonds. The molecule has 0 bridgehead atoms. The number of hydrogen-bond donors (Lipinski definition) is 1. The predicted molar refractivity (Wildman–Crippen MR) is 72.6 cm³/mol. The second-order valence-corrected chi connectivity index (χ2v) is 4.52. The number of anilines is 1. The summed E-state index contributed by atoms with van der Waals surface area (Å²) >= 11 is 1.53. The SMILES string of the molecule is CCCNc1cc(COC)nc(-c2cscn2)n1. The monoisotopic (exact) mass is 264 g/mol. The van der Waals surface area contributed by atoms with Crippen LogP contribution >= 0.6 is 11.3 Å². The van der Waals surface area contributed by atoms with Gasteiger partial charge in [0.25, 0.3) is 0 Å². The van der Waals surface area contributed by atoms with E-state index in [1.54, 1.807) is 12.6 Å². The average Bonchev–Trinajstić information content (AvgIpc) is 2.90. The van der Waals surface area contributed by atoms with E-state index in [1.165, 1.54) is 11.3 Å². The van der Waals surface area contributed by atoms with Crippen LogP contribution in [0.5, 0.6) is 0 Å². The molecule has 0 aliphatic heterocycles. The topological polar surface area (TPSA) is 59.9 Å². The summed E-state index contributed by atoms with van der Waals surface area (Å²) in [5, 5.41) is 5.20. The largest absolute Gasteiger partial charge is 0.378 e. The maximum Gasteiger partial charge on any atom is 0.181 e. The fraction of sp³-hybridized carbons (Fsp3) is 0.417. The first kappa shape index (κ1) is 12.9. The molecular weight excluding hydrogens is 248 g/mol. The third-order valence-corrected chi connectivity index (χ3v) is 2.88. The molecule has 0 atom stereocenters. The minimum Gasteiger partial charge on any atom is -0.378 e. The smallest absolute Gasteiger partial charge is 0.181 e. The molecule has 1 N–H and O–H groups in total. The number of nitrogens with one attached hydrogen (secondary N) is 1. The van der Waals surface area contributed by atoms with Crippen LogP contribution in [-0.2, 0) is 11.3 Å². The second kappa shape index (κ2) is 6.42. The van der Waals surface area contributed by atoms with E-state index in [4.69, 9.17) is 4.74 Å². The summed E-state index contributed by atoms with van der Waals surface area (Å²) in [6.45, 7) is 3.48. The number of methoxy groups -OCH3 is 1. The lowest BCUT2D eigenvalue weighted by Gasteiger charge is -2.08. The minimum absolute atomic E-state index is 0.473. The van der Waals surface area contributed by atoms with Crippen molar-refractivity contribution >= 4 is 17.2 Å². The van der Waals surface area contributed by atoms with Crippen LogP contribution in [0.3, 0.4) is 0 Å². The van der Waals surface area contributed by atoms with Crippen LogP contribution in [0.2, 0.25) is 0 Å². The number of thiazole rings is 1. The van der Waals surface area contributed by atoms with Gasteiger partial charge < -0.3 is 10.1 Å². The van der Waals surface area contributed by atoms with Gasteiger partial charge in [-0.3, -0.25) is 0 Å². The fourth-order valence-electron chi connectivity index (χ4n) is 1.50. The van der Waals surface area contributed by atoms with Gasteiger partial charge in [0.15, 0.2) is 5.82 Å². The van der Waals surface area contributed by atoms with E-state index in [9.17, 15) is 0 Å². The van der Waals surface area contributed by atoms with E-state index in [1.807, 2.05) is 11.4 Å². The summed E-state index contributed by atoms with van der Waals surface area (Å²) in [5.74, 6) is 1.46. The molecule has 0 aliphatic rings. The van der Waals surface area contributed by atoms with Crippen molar-refractivity contribution < 1.29 is 4.74 Å². The normalized spacial score (nSPS) is 10.6. The third-order valence-electron chi connectivity index (χ3n) is 2.29. The van der Waals surface area contributed by atoms with E-state index in [0.717, 1.165) is 30.2 Å². The Labute approximate surface area is 110 Å². The van der Waals surface area contributed by atoms with Gasteiger partial charge in [0.1, 0.15) is 11.5 Å².